The van der Waals surface area contributed by atoms with E-state index in [-0.39, 0.29) is 0 Å². The summed E-state index contributed by atoms with van der Waals surface area (Å²) in [5, 5.41) is 6.31. The van der Waals surface area contributed by atoms with Crippen molar-refractivity contribution < 1.29 is 4.84 Å². The zero-order chi connectivity index (χ0) is 20.1. The van der Waals surface area contributed by atoms with Gasteiger partial charge in [0.15, 0.2) is 5.75 Å². The van der Waals surface area contributed by atoms with Gasteiger partial charge in [-0.15, -0.1) is 5.06 Å². The van der Waals surface area contributed by atoms with E-state index in [2.05, 4.69) is 47.6 Å². The molecule has 3 heterocycles. The second kappa shape index (κ2) is 9.29. The lowest BCUT2D eigenvalue weighted by molar-refractivity contribution is -0.0643. The molecule has 0 radical (unpaired) electrons. The van der Waals surface area contributed by atoms with E-state index in [1.54, 1.807) is 12.4 Å². The van der Waals surface area contributed by atoms with Crippen molar-refractivity contribution in [3.63, 3.8) is 0 Å². The molecule has 0 amide bonds. The van der Waals surface area contributed by atoms with Crippen LogP contribution in [-0.4, -0.2) is 29.2 Å². The molecule has 2 aliphatic rings. The SMILES string of the molecule is CC1NC=CC=CC1C(=C1CCN(Oc2ccncc2)CC1)c1ccc(Cl)cc1. The van der Waals surface area contributed by atoms with E-state index >= 15 is 0 Å². The standard InChI is InChI=1S/C24H26ClN3O/c1-18-23(4-2-3-13-27-18)24(19-5-7-21(25)8-6-19)20-11-16-28(17-12-20)29-22-9-14-26-15-10-22/h2-10,13-15,18,23,27H,11-12,16-17H2,1H3. The maximum Gasteiger partial charge on any atom is 0.150 e. The normalized spacial score (nSPS) is 22.1. The van der Waals surface area contributed by atoms with Crippen molar-refractivity contribution in [3.8, 4) is 5.75 Å². The van der Waals surface area contributed by atoms with Crippen molar-refractivity contribution in [2.45, 2.75) is 25.8 Å². The Balaban J connectivity index is 1.59. The Morgan fingerprint density at radius 3 is 2.52 bits per heavy atom. The minimum atomic E-state index is 0.300. The van der Waals surface area contributed by atoms with E-state index in [1.165, 1.54) is 16.7 Å². The van der Waals surface area contributed by atoms with E-state index in [0.29, 0.717) is 12.0 Å². The molecule has 1 aromatic carbocycles. The summed E-state index contributed by atoms with van der Waals surface area (Å²) in [5.41, 5.74) is 4.15. The maximum atomic E-state index is 6.16. The number of hydroxylamine groups is 2. The molecule has 29 heavy (non-hydrogen) atoms. The lowest BCUT2D eigenvalue weighted by Gasteiger charge is -2.32. The van der Waals surface area contributed by atoms with Crippen LogP contribution in [0.3, 0.4) is 0 Å². The maximum absolute atomic E-state index is 6.16. The van der Waals surface area contributed by atoms with Crippen LogP contribution in [0, 0.1) is 5.92 Å². The smallest absolute Gasteiger partial charge is 0.150 e. The van der Waals surface area contributed by atoms with Crippen LogP contribution in [0.5, 0.6) is 5.75 Å². The van der Waals surface area contributed by atoms with Crippen LogP contribution in [0.1, 0.15) is 25.3 Å². The zero-order valence-corrected chi connectivity index (χ0v) is 17.3. The minimum Gasteiger partial charge on any atom is -0.406 e. The lowest BCUT2D eigenvalue weighted by Crippen LogP contribution is -2.35. The predicted molar refractivity (Wildman–Crippen MR) is 118 cm³/mol. The highest BCUT2D eigenvalue weighted by atomic mass is 35.5. The molecule has 4 nitrogen and oxygen atoms in total. The number of pyridine rings is 1. The molecule has 0 aliphatic carbocycles. The Kier molecular flexibility index (Phi) is 6.33. The summed E-state index contributed by atoms with van der Waals surface area (Å²) >= 11 is 6.16. The van der Waals surface area contributed by atoms with E-state index in [0.717, 1.165) is 36.7 Å². The minimum absolute atomic E-state index is 0.300. The van der Waals surface area contributed by atoms with E-state index in [9.17, 15) is 0 Å². The summed E-state index contributed by atoms with van der Waals surface area (Å²) < 4.78 is 0. The number of nitrogens with zero attached hydrogens (tertiary/aromatic N) is 2. The van der Waals surface area contributed by atoms with Gasteiger partial charge in [-0.2, -0.15) is 0 Å². The van der Waals surface area contributed by atoms with Gasteiger partial charge in [-0.25, -0.2) is 0 Å². The number of piperidine rings is 1. The highest BCUT2D eigenvalue weighted by Gasteiger charge is 2.26. The molecule has 0 spiro atoms. The third kappa shape index (κ3) is 4.89. The highest BCUT2D eigenvalue weighted by molar-refractivity contribution is 6.30. The van der Waals surface area contributed by atoms with E-state index < -0.39 is 0 Å². The second-order valence-corrected chi connectivity index (χ2v) is 7.89. The Hall–Kier alpha value is -2.56. The van der Waals surface area contributed by atoms with Crippen LogP contribution >= 0.6 is 11.6 Å². The predicted octanol–water partition coefficient (Wildman–Crippen LogP) is 5.26. The fourth-order valence-electron chi connectivity index (χ4n) is 3.99. The van der Waals surface area contributed by atoms with Gasteiger partial charge in [-0.05, 0) is 55.3 Å². The van der Waals surface area contributed by atoms with Gasteiger partial charge < -0.3 is 10.2 Å². The van der Waals surface area contributed by atoms with Crippen molar-refractivity contribution >= 4 is 17.2 Å². The van der Waals surface area contributed by atoms with Crippen LogP contribution in [0.2, 0.25) is 5.02 Å². The first-order chi connectivity index (χ1) is 14.2. The molecule has 1 saturated heterocycles. The summed E-state index contributed by atoms with van der Waals surface area (Å²) in [6.07, 6.45) is 14.0. The molecule has 5 heteroatoms. The molecule has 2 atom stereocenters. The summed E-state index contributed by atoms with van der Waals surface area (Å²) in [7, 11) is 0. The number of benzene rings is 1. The zero-order valence-electron chi connectivity index (χ0n) is 16.6. The average molecular weight is 408 g/mol. The molecule has 150 valence electrons. The fraction of sp³-hybridized carbons (Fsp3) is 0.292. The largest absolute Gasteiger partial charge is 0.406 e. The van der Waals surface area contributed by atoms with Crippen molar-refractivity contribution in [1.29, 1.82) is 0 Å². The van der Waals surface area contributed by atoms with Crippen LogP contribution in [0.25, 0.3) is 5.57 Å². The number of nitrogens with one attached hydrogen (secondary N) is 1. The average Bonchev–Trinajstić information content (AvgIpc) is 2.96. The molecular weight excluding hydrogens is 382 g/mol. The van der Waals surface area contributed by atoms with Gasteiger partial charge in [0.25, 0.3) is 0 Å². The van der Waals surface area contributed by atoms with Crippen molar-refractivity contribution in [3.05, 3.63) is 89.4 Å². The summed E-state index contributed by atoms with van der Waals surface area (Å²) in [6.45, 7) is 3.97. The Morgan fingerprint density at radius 1 is 1.07 bits per heavy atom. The van der Waals surface area contributed by atoms with Gasteiger partial charge >= 0.3 is 0 Å². The molecule has 2 unspecified atom stereocenters. The van der Waals surface area contributed by atoms with E-state index in [4.69, 9.17) is 16.4 Å². The first kappa shape index (κ1) is 19.7. The van der Waals surface area contributed by atoms with Crippen molar-refractivity contribution in [2.24, 2.45) is 5.92 Å². The van der Waals surface area contributed by atoms with Gasteiger partial charge in [0, 0.05) is 54.6 Å². The first-order valence-corrected chi connectivity index (χ1v) is 10.5. The molecule has 0 saturated carbocycles. The number of hydrogen-bond acceptors (Lipinski definition) is 4. The molecule has 1 aromatic heterocycles. The number of halogens is 1. The van der Waals surface area contributed by atoms with E-state index in [1.807, 2.05) is 35.5 Å². The number of rotatable bonds is 4. The van der Waals surface area contributed by atoms with Gasteiger partial charge in [0.2, 0.25) is 0 Å². The van der Waals surface area contributed by atoms with Crippen molar-refractivity contribution in [1.82, 2.24) is 15.4 Å². The van der Waals surface area contributed by atoms with Crippen LogP contribution in [-0.2, 0) is 0 Å². The van der Waals surface area contributed by atoms with Crippen molar-refractivity contribution in [2.75, 3.05) is 13.1 Å². The number of hydrogen-bond donors (Lipinski definition) is 1. The molecule has 4 rings (SSSR count). The fourth-order valence-corrected chi connectivity index (χ4v) is 4.12. The summed E-state index contributed by atoms with van der Waals surface area (Å²) in [6, 6.07) is 12.3. The summed E-state index contributed by atoms with van der Waals surface area (Å²) in [5.74, 6) is 1.13. The number of allylic oxidation sites excluding steroid dienone is 2. The third-order valence-corrected chi connectivity index (χ3v) is 5.76. The lowest BCUT2D eigenvalue weighted by atomic mass is 9.81. The monoisotopic (exact) mass is 407 g/mol. The van der Waals surface area contributed by atoms with Gasteiger partial charge in [0.1, 0.15) is 0 Å². The molecular formula is C24H26ClN3O. The quantitative estimate of drug-likeness (QED) is 0.750. The van der Waals surface area contributed by atoms with Crippen LogP contribution in [0.15, 0.2) is 78.8 Å². The molecule has 2 aliphatic heterocycles. The topological polar surface area (TPSA) is 37.4 Å². The van der Waals surface area contributed by atoms with Gasteiger partial charge in [-0.1, -0.05) is 41.5 Å². The first-order valence-electron chi connectivity index (χ1n) is 10.1. The second-order valence-electron chi connectivity index (χ2n) is 7.45. The Bertz CT molecular complexity index is 895. The summed E-state index contributed by atoms with van der Waals surface area (Å²) in [4.78, 5) is 10.1. The molecule has 2 aromatic rings. The van der Waals surface area contributed by atoms with Gasteiger partial charge in [0.05, 0.1) is 0 Å². The molecule has 0 bridgehead atoms. The van der Waals surface area contributed by atoms with Crippen LogP contribution in [0.4, 0.5) is 0 Å². The Morgan fingerprint density at radius 2 is 1.79 bits per heavy atom. The third-order valence-electron chi connectivity index (χ3n) is 5.50. The van der Waals surface area contributed by atoms with Gasteiger partial charge in [-0.3, -0.25) is 4.98 Å². The Labute approximate surface area is 177 Å². The van der Waals surface area contributed by atoms with Crippen LogP contribution < -0.4 is 10.2 Å². The highest BCUT2D eigenvalue weighted by Crippen LogP contribution is 2.36. The molecule has 1 N–H and O–H groups in total. The number of aromatic nitrogens is 1. The molecule has 1 fully saturated rings.